The van der Waals surface area contributed by atoms with Gasteiger partial charge in [0.05, 0.1) is 11.6 Å². The normalized spacial score (nSPS) is 20.4. The Labute approximate surface area is 83.7 Å². The highest BCUT2D eigenvalue weighted by atomic mass is 16.1. The van der Waals surface area contributed by atoms with E-state index in [4.69, 9.17) is 0 Å². The minimum atomic E-state index is -0.0655. The minimum absolute atomic E-state index is 0.0655. The average molecular weight is 187 g/mol. The van der Waals surface area contributed by atoms with Crippen molar-refractivity contribution in [3.8, 4) is 0 Å². The van der Waals surface area contributed by atoms with Gasteiger partial charge in [-0.3, -0.25) is 9.79 Å². The molecular formula is C12H13NO. The van der Waals surface area contributed by atoms with E-state index < -0.39 is 0 Å². The molecule has 0 aliphatic carbocycles. The third-order valence-corrected chi connectivity index (χ3v) is 2.73. The zero-order valence-corrected chi connectivity index (χ0v) is 8.66. The van der Waals surface area contributed by atoms with Gasteiger partial charge in [-0.2, -0.15) is 0 Å². The molecule has 1 aliphatic heterocycles. The number of hydrogen-bond acceptors (Lipinski definition) is 2. The maximum Gasteiger partial charge on any atom is 0.173 e. The molecule has 2 nitrogen and oxygen atoms in total. The fraction of sp³-hybridized carbons (Fsp3) is 0.333. The van der Waals surface area contributed by atoms with Gasteiger partial charge >= 0.3 is 0 Å². The number of rotatable bonds is 0. The highest BCUT2D eigenvalue weighted by molar-refractivity contribution is 6.17. The number of carbonyl (C=O) groups is 1. The molecule has 1 heterocycles. The summed E-state index contributed by atoms with van der Waals surface area (Å²) in [4.78, 5) is 16.3. The van der Waals surface area contributed by atoms with Crippen molar-refractivity contribution in [3.63, 3.8) is 0 Å². The van der Waals surface area contributed by atoms with Crippen LogP contribution in [0, 0.1) is 12.8 Å². The van der Waals surface area contributed by atoms with Gasteiger partial charge in [-0.1, -0.05) is 11.6 Å². The lowest BCUT2D eigenvalue weighted by Gasteiger charge is -2.18. The zero-order valence-electron chi connectivity index (χ0n) is 8.66. The lowest BCUT2D eigenvalue weighted by molar-refractivity contribution is 0.0960. The quantitative estimate of drug-likeness (QED) is 0.614. The van der Waals surface area contributed by atoms with Crippen LogP contribution in [0.5, 0.6) is 0 Å². The van der Waals surface area contributed by atoms with Crippen molar-refractivity contribution in [2.75, 3.05) is 0 Å². The lowest BCUT2D eigenvalue weighted by Crippen LogP contribution is -2.22. The van der Waals surface area contributed by atoms with Crippen molar-refractivity contribution in [1.82, 2.24) is 0 Å². The number of ketones is 1. The van der Waals surface area contributed by atoms with Crippen LogP contribution in [-0.4, -0.2) is 11.5 Å². The second-order valence-electron chi connectivity index (χ2n) is 3.86. The summed E-state index contributed by atoms with van der Waals surface area (Å²) >= 11 is 0. The van der Waals surface area contributed by atoms with Crippen LogP contribution in [0.1, 0.15) is 29.8 Å². The van der Waals surface area contributed by atoms with E-state index in [-0.39, 0.29) is 11.7 Å². The molecule has 14 heavy (non-hydrogen) atoms. The first-order chi connectivity index (χ1) is 6.59. The first-order valence-corrected chi connectivity index (χ1v) is 4.79. The first-order valence-electron chi connectivity index (χ1n) is 4.79. The van der Waals surface area contributed by atoms with Crippen LogP contribution >= 0.6 is 0 Å². The van der Waals surface area contributed by atoms with Gasteiger partial charge in [0, 0.05) is 11.3 Å². The van der Waals surface area contributed by atoms with Gasteiger partial charge in [0.25, 0.3) is 0 Å². The van der Waals surface area contributed by atoms with Gasteiger partial charge in [0.15, 0.2) is 5.78 Å². The molecule has 0 amide bonds. The number of aliphatic imine (C=N–C) groups is 1. The van der Waals surface area contributed by atoms with Crippen LogP contribution in [0.25, 0.3) is 0 Å². The smallest absolute Gasteiger partial charge is 0.173 e. The standard InChI is InChI=1S/C12H13NO/c1-7-4-5-11-10(6-7)12(14)8(2)9(3)13-11/h4-6,8H,1-3H3. The lowest BCUT2D eigenvalue weighted by atomic mass is 9.91. The predicted octanol–water partition coefficient (Wildman–Crippen LogP) is 2.92. The SMILES string of the molecule is CC1=Nc2ccc(C)cc2C(=O)C1C. The van der Waals surface area contributed by atoms with Gasteiger partial charge < -0.3 is 0 Å². The summed E-state index contributed by atoms with van der Waals surface area (Å²) in [5, 5.41) is 0. The molecule has 1 atom stereocenters. The van der Waals surface area contributed by atoms with Crippen molar-refractivity contribution in [1.29, 1.82) is 0 Å². The number of benzene rings is 1. The summed E-state index contributed by atoms with van der Waals surface area (Å²) in [5.74, 6) is 0.125. The Hall–Kier alpha value is -1.44. The first kappa shape index (κ1) is 9.13. The van der Waals surface area contributed by atoms with E-state index in [9.17, 15) is 4.79 Å². The number of nitrogens with zero attached hydrogens (tertiary/aromatic N) is 1. The van der Waals surface area contributed by atoms with Crippen molar-refractivity contribution >= 4 is 17.2 Å². The molecule has 0 fully saturated rings. The molecular weight excluding hydrogens is 174 g/mol. The Balaban J connectivity index is 2.64. The van der Waals surface area contributed by atoms with E-state index in [0.29, 0.717) is 0 Å². The van der Waals surface area contributed by atoms with E-state index >= 15 is 0 Å². The largest absolute Gasteiger partial charge is 0.293 e. The number of fused-ring (bicyclic) bond motifs is 1. The Kier molecular flexibility index (Phi) is 1.99. The van der Waals surface area contributed by atoms with Crippen LogP contribution < -0.4 is 0 Å². The molecule has 72 valence electrons. The van der Waals surface area contributed by atoms with Crippen LogP contribution in [0.4, 0.5) is 5.69 Å². The Morgan fingerprint density at radius 2 is 2.00 bits per heavy atom. The Bertz CT molecular complexity index is 432. The molecule has 0 bridgehead atoms. The molecule has 0 aromatic heterocycles. The van der Waals surface area contributed by atoms with Crippen molar-refractivity contribution in [3.05, 3.63) is 29.3 Å². The summed E-state index contributed by atoms with van der Waals surface area (Å²) < 4.78 is 0. The second-order valence-corrected chi connectivity index (χ2v) is 3.86. The van der Waals surface area contributed by atoms with E-state index in [0.717, 1.165) is 22.5 Å². The topological polar surface area (TPSA) is 29.4 Å². The number of hydrogen-bond donors (Lipinski definition) is 0. The number of Topliss-reactive ketones (excluding diaryl/α,β-unsaturated/α-hetero) is 1. The average Bonchev–Trinajstić information content (AvgIpc) is 2.16. The molecule has 1 aliphatic rings. The molecule has 0 saturated heterocycles. The van der Waals surface area contributed by atoms with Crippen LogP contribution in [0.2, 0.25) is 0 Å². The van der Waals surface area contributed by atoms with Gasteiger partial charge in [-0.05, 0) is 32.9 Å². The summed E-state index contributed by atoms with van der Waals surface area (Å²) in [6.45, 7) is 5.81. The van der Waals surface area contributed by atoms with Crippen molar-refractivity contribution in [2.24, 2.45) is 10.9 Å². The molecule has 1 unspecified atom stereocenters. The van der Waals surface area contributed by atoms with Gasteiger partial charge in [-0.25, -0.2) is 0 Å². The summed E-state index contributed by atoms with van der Waals surface area (Å²) in [6, 6.07) is 5.82. The van der Waals surface area contributed by atoms with E-state index in [2.05, 4.69) is 4.99 Å². The van der Waals surface area contributed by atoms with Crippen molar-refractivity contribution < 1.29 is 4.79 Å². The van der Waals surface area contributed by atoms with Crippen LogP contribution in [0.3, 0.4) is 0 Å². The molecule has 2 heteroatoms. The predicted molar refractivity (Wildman–Crippen MR) is 57.4 cm³/mol. The summed E-state index contributed by atoms with van der Waals surface area (Å²) in [7, 11) is 0. The maximum absolute atomic E-state index is 11.9. The van der Waals surface area contributed by atoms with Gasteiger partial charge in [-0.15, -0.1) is 0 Å². The molecule has 2 rings (SSSR count). The van der Waals surface area contributed by atoms with Crippen LogP contribution in [0.15, 0.2) is 23.2 Å². The van der Waals surface area contributed by atoms with Gasteiger partial charge in [0.2, 0.25) is 0 Å². The van der Waals surface area contributed by atoms with E-state index in [1.54, 1.807) is 0 Å². The monoisotopic (exact) mass is 187 g/mol. The fourth-order valence-electron chi connectivity index (χ4n) is 1.65. The Morgan fingerprint density at radius 1 is 1.29 bits per heavy atom. The van der Waals surface area contributed by atoms with Crippen molar-refractivity contribution in [2.45, 2.75) is 20.8 Å². The molecule has 0 spiro atoms. The van der Waals surface area contributed by atoms with Gasteiger partial charge in [0.1, 0.15) is 0 Å². The molecule has 0 N–H and O–H groups in total. The highest BCUT2D eigenvalue weighted by Crippen LogP contribution is 2.29. The number of aryl methyl sites for hydroxylation is 1. The summed E-state index contributed by atoms with van der Waals surface area (Å²) in [5.41, 5.74) is 3.60. The highest BCUT2D eigenvalue weighted by Gasteiger charge is 2.24. The van der Waals surface area contributed by atoms with E-state index in [1.165, 1.54) is 0 Å². The fourth-order valence-corrected chi connectivity index (χ4v) is 1.65. The minimum Gasteiger partial charge on any atom is -0.293 e. The zero-order chi connectivity index (χ0) is 10.3. The maximum atomic E-state index is 11.9. The number of carbonyl (C=O) groups excluding carboxylic acids is 1. The molecule has 0 saturated carbocycles. The van der Waals surface area contributed by atoms with Crippen LogP contribution in [-0.2, 0) is 0 Å². The second kappa shape index (κ2) is 3.05. The molecule has 1 aromatic carbocycles. The molecule has 0 radical (unpaired) electrons. The van der Waals surface area contributed by atoms with E-state index in [1.807, 2.05) is 39.0 Å². The summed E-state index contributed by atoms with van der Waals surface area (Å²) in [6.07, 6.45) is 0. The molecule has 1 aromatic rings. The third kappa shape index (κ3) is 1.27. The third-order valence-electron chi connectivity index (χ3n) is 2.73. The Morgan fingerprint density at radius 3 is 2.71 bits per heavy atom.